The fourth-order valence-corrected chi connectivity index (χ4v) is 2.87. The van der Waals surface area contributed by atoms with Gasteiger partial charge in [0.25, 0.3) is 0 Å². The molecule has 0 aliphatic heterocycles. The Bertz CT molecular complexity index is 539. The van der Waals surface area contributed by atoms with Crippen LogP contribution in [0.15, 0.2) is 54.6 Å². The first-order chi connectivity index (χ1) is 10.1. The van der Waals surface area contributed by atoms with Crippen LogP contribution in [0.4, 0.5) is 0 Å². The van der Waals surface area contributed by atoms with Gasteiger partial charge >= 0.3 is 0 Å². The molecule has 1 unspecified atom stereocenters. The molecule has 0 spiro atoms. The van der Waals surface area contributed by atoms with Crippen molar-refractivity contribution in [1.29, 1.82) is 0 Å². The minimum atomic E-state index is 0.565. The molecule has 1 atom stereocenters. The van der Waals surface area contributed by atoms with E-state index in [1.165, 1.54) is 23.1 Å². The van der Waals surface area contributed by atoms with Crippen molar-refractivity contribution in [2.45, 2.75) is 46.5 Å². The quantitative estimate of drug-likeness (QED) is 0.606. The summed E-state index contributed by atoms with van der Waals surface area (Å²) < 4.78 is 0. The van der Waals surface area contributed by atoms with Crippen molar-refractivity contribution >= 4 is 0 Å². The number of benzene rings is 2. The van der Waals surface area contributed by atoms with Gasteiger partial charge in [-0.2, -0.15) is 0 Å². The Hall–Kier alpha value is -1.56. The largest absolute Gasteiger partial charge is 0.0648 e. The fourth-order valence-electron chi connectivity index (χ4n) is 2.87. The molecule has 0 bridgehead atoms. The summed E-state index contributed by atoms with van der Waals surface area (Å²) in [6.07, 6.45) is 2.24. The van der Waals surface area contributed by atoms with Crippen LogP contribution in [-0.4, -0.2) is 0 Å². The molecule has 0 aromatic heterocycles. The molecule has 0 heteroatoms. The molecular formula is C21H27. The monoisotopic (exact) mass is 279 g/mol. The second-order valence-corrected chi connectivity index (χ2v) is 6.24. The zero-order valence-corrected chi connectivity index (χ0v) is 13.8. The van der Waals surface area contributed by atoms with Crippen LogP contribution in [0.2, 0.25) is 0 Å². The maximum atomic E-state index is 2.33. The van der Waals surface area contributed by atoms with E-state index in [1.807, 2.05) is 0 Å². The van der Waals surface area contributed by atoms with Gasteiger partial charge < -0.3 is 0 Å². The molecule has 2 aromatic rings. The van der Waals surface area contributed by atoms with Gasteiger partial charge in [0.05, 0.1) is 0 Å². The van der Waals surface area contributed by atoms with Crippen LogP contribution in [0.25, 0.3) is 0 Å². The molecular weight excluding hydrogens is 252 g/mol. The highest BCUT2D eigenvalue weighted by atomic mass is 14.2. The molecule has 0 aliphatic rings. The van der Waals surface area contributed by atoms with Crippen LogP contribution in [0.3, 0.4) is 0 Å². The first-order valence-electron chi connectivity index (χ1n) is 8.12. The molecule has 1 radical (unpaired) electrons. The van der Waals surface area contributed by atoms with Crippen LogP contribution < -0.4 is 0 Å². The predicted molar refractivity (Wildman–Crippen MR) is 92.5 cm³/mol. The molecule has 0 saturated carbocycles. The molecule has 0 nitrogen and oxygen atoms in total. The minimum absolute atomic E-state index is 0.565. The van der Waals surface area contributed by atoms with Crippen LogP contribution in [-0.2, 0) is 6.42 Å². The average Bonchev–Trinajstić information content (AvgIpc) is 2.52. The van der Waals surface area contributed by atoms with E-state index < -0.39 is 0 Å². The Morgan fingerprint density at radius 1 is 0.857 bits per heavy atom. The van der Waals surface area contributed by atoms with Gasteiger partial charge in [0, 0.05) is 5.92 Å². The van der Waals surface area contributed by atoms with Crippen molar-refractivity contribution in [3.63, 3.8) is 0 Å². The first-order valence-corrected chi connectivity index (χ1v) is 8.12. The Morgan fingerprint density at radius 2 is 1.48 bits per heavy atom. The molecule has 0 N–H and O–H groups in total. The predicted octanol–water partition coefficient (Wildman–Crippen LogP) is 6.02. The second kappa shape index (κ2) is 7.45. The van der Waals surface area contributed by atoms with Crippen molar-refractivity contribution in [3.8, 4) is 0 Å². The highest BCUT2D eigenvalue weighted by Gasteiger charge is 2.21. The third-order valence-corrected chi connectivity index (χ3v) is 4.38. The second-order valence-electron chi connectivity index (χ2n) is 6.24. The molecule has 0 heterocycles. The van der Waals surface area contributed by atoms with E-state index in [1.54, 1.807) is 5.92 Å². The first kappa shape index (κ1) is 15.8. The summed E-state index contributed by atoms with van der Waals surface area (Å²) >= 11 is 0. The lowest BCUT2D eigenvalue weighted by Gasteiger charge is -2.25. The zero-order chi connectivity index (χ0) is 15.2. The highest BCUT2D eigenvalue weighted by molar-refractivity contribution is 5.43. The summed E-state index contributed by atoms with van der Waals surface area (Å²) in [5.41, 5.74) is 4.37. The molecule has 111 valence electrons. The molecule has 2 rings (SSSR count). The molecule has 0 aliphatic carbocycles. The van der Waals surface area contributed by atoms with Gasteiger partial charge in [-0.1, -0.05) is 82.3 Å². The van der Waals surface area contributed by atoms with E-state index in [-0.39, 0.29) is 0 Å². The lowest BCUT2D eigenvalue weighted by atomic mass is 9.78. The standard InChI is InChI=1S/C21H27/c1-5-17(4)19-13-9-10-14-20(19)21(16(2)3)15-18-11-7-6-8-12-18/h6-14,16-17H,5,15H2,1-4H3. The van der Waals surface area contributed by atoms with Gasteiger partial charge in [-0.3, -0.25) is 0 Å². The Morgan fingerprint density at radius 3 is 2.10 bits per heavy atom. The summed E-state index contributed by atoms with van der Waals surface area (Å²) in [6, 6.07) is 19.8. The van der Waals surface area contributed by atoms with E-state index >= 15 is 0 Å². The van der Waals surface area contributed by atoms with Gasteiger partial charge in [-0.05, 0) is 41.4 Å². The van der Waals surface area contributed by atoms with Crippen molar-refractivity contribution in [3.05, 3.63) is 77.2 Å². The van der Waals surface area contributed by atoms with Gasteiger partial charge in [0.1, 0.15) is 0 Å². The summed E-state index contributed by atoms with van der Waals surface area (Å²) in [5.74, 6) is 2.73. The van der Waals surface area contributed by atoms with E-state index in [0.29, 0.717) is 11.8 Å². The van der Waals surface area contributed by atoms with E-state index in [0.717, 1.165) is 6.42 Å². The Balaban J connectivity index is 2.35. The smallest absolute Gasteiger partial charge is 0.0122 e. The van der Waals surface area contributed by atoms with Crippen molar-refractivity contribution in [1.82, 2.24) is 0 Å². The number of hydrogen-bond donors (Lipinski definition) is 0. The molecule has 0 amide bonds. The van der Waals surface area contributed by atoms with E-state index in [9.17, 15) is 0 Å². The SMILES string of the molecule is CCC(C)c1ccccc1[C](Cc1ccccc1)C(C)C. The van der Waals surface area contributed by atoms with Gasteiger partial charge in [0.2, 0.25) is 0 Å². The Labute approximate surface area is 130 Å². The molecule has 0 fully saturated rings. The summed E-state index contributed by atoms with van der Waals surface area (Å²) in [7, 11) is 0. The van der Waals surface area contributed by atoms with E-state index in [2.05, 4.69) is 82.3 Å². The maximum Gasteiger partial charge on any atom is 0.0122 e. The topological polar surface area (TPSA) is 0 Å². The summed E-state index contributed by atoms with van der Waals surface area (Å²) in [5, 5.41) is 0. The van der Waals surface area contributed by atoms with E-state index in [4.69, 9.17) is 0 Å². The molecule has 0 saturated heterocycles. The average molecular weight is 279 g/mol. The zero-order valence-electron chi connectivity index (χ0n) is 13.8. The Kier molecular flexibility index (Phi) is 5.61. The van der Waals surface area contributed by atoms with Crippen LogP contribution in [0.1, 0.15) is 56.7 Å². The fraction of sp³-hybridized carbons (Fsp3) is 0.381. The van der Waals surface area contributed by atoms with Gasteiger partial charge in [0.15, 0.2) is 0 Å². The maximum absolute atomic E-state index is 2.33. The molecule has 21 heavy (non-hydrogen) atoms. The van der Waals surface area contributed by atoms with Crippen LogP contribution in [0, 0.1) is 11.8 Å². The number of hydrogen-bond acceptors (Lipinski definition) is 0. The highest BCUT2D eigenvalue weighted by Crippen LogP contribution is 2.34. The minimum Gasteiger partial charge on any atom is -0.0648 e. The van der Waals surface area contributed by atoms with Crippen molar-refractivity contribution < 1.29 is 0 Å². The van der Waals surface area contributed by atoms with Crippen molar-refractivity contribution in [2.75, 3.05) is 0 Å². The normalized spacial score (nSPS) is 12.9. The van der Waals surface area contributed by atoms with Gasteiger partial charge in [-0.15, -0.1) is 0 Å². The lowest BCUT2D eigenvalue weighted by Crippen LogP contribution is -2.14. The summed E-state index contributed by atoms with van der Waals surface area (Å²) in [6.45, 7) is 9.23. The van der Waals surface area contributed by atoms with Crippen LogP contribution in [0.5, 0.6) is 0 Å². The summed E-state index contributed by atoms with van der Waals surface area (Å²) in [4.78, 5) is 0. The third-order valence-electron chi connectivity index (χ3n) is 4.38. The van der Waals surface area contributed by atoms with Crippen LogP contribution >= 0.6 is 0 Å². The van der Waals surface area contributed by atoms with Gasteiger partial charge in [-0.25, -0.2) is 0 Å². The molecule has 2 aromatic carbocycles. The number of rotatable bonds is 6. The third kappa shape index (κ3) is 3.97. The van der Waals surface area contributed by atoms with Crippen molar-refractivity contribution in [2.24, 2.45) is 5.92 Å². The lowest BCUT2D eigenvalue weighted by molar-refractivity contribution is 0.640.